The van der Waals surface area contributed by atoms with Gasteiger partial charge in [0.2, 0.25) is 5.82 Å². The van der Waals surface area contributed by atoms with Gasteiger partial charge in [0.1, 0.15) is 5.75 Å². The molecule has 0 saturated heterocycles. The summed E-state index contributed by atoms with van der Waals surface area (Å²) >= 11 is 1.45. The van der Waals surface area contributed by atoms with Crippen molar-refractivity contribution in [3.63, 3.8) is 0 Å². The molecule has 0 atom stereocenters. The molecular formula is C15H13FN2O3S. The number of benzene rings is 2. The van der Waals surface area contributed by atoms with Gasteiger partial charge in [0.25, 0.3) is 0 Å². The van der Waals surface area contributed by atoms with Gasteiger partial charge >= 0.3 is 5.69 Å². The number of rotatable bonds is 4. The summed E-state index contributed by atoms with van der Waals surface area (Å²) in [6.07, 6.45) is 0. The second-order valence-corrected chi connectivity index (χ2v) is 5.80. The van der Waals surface area contributed by atoms with E-state index in [4.69, 9.17) is 4.74 Å². The Labute approximate surface area is 131 Å². The molecule has 7 heteroatoms. The SMILES string of the molecule is COc1ccc(CN2SCc3c2ccc(F)c3[N+](=O)[O-])cc1. The van der Waals surface area contributed by atoms with Gasteiger partial charge < -0.3 is 9.04 Å². The van der Waals surface area contributed by atoms with Crippen LogP contribution in [0.1, 0.15) is 11.1 Å². The first-order chi connectivity index (χ1) is 10.6. The second-order valence-electron chi connectivity index (χ2n) is 4.81. The van der Waals surface area contributed by atoms with Crippen LogP contribution in [0.5, 0.6) is 5.75 Å². The summed E-state index contributed by atoms with van der Waals surface area (Å²) in [5.74, 6) is 0.395. The lowest BCUT2D eigenvalue weighted by Gasteiger charge is -2.17. The number of hydrogen-bond acceptors (Lipinski definition) is 5. The molecule has 0 unspecified atom stereocenters. The molecule has 0 spiro atoms. The van der Waals surface area contributed by atoms with Crippen LogP contribution in [0.4, 0.5) is 15.8 Å². The minimum atomic E-state index is -0.782. The summed E-state index contributed by atoms with van der Waals surface area (Å²) in [5, 5.41) is 11.0. The highest BCUT2D eigenvalue weighted by atomic mass is 32.2. The van der Waals surface area contributed by atoms with Crippen LogP contribution in [-0.2, 0) is 12.3 Å². The molecule has 1 aliphatic heterocycles. The molecule has 0 saturated carbocycles. The molecule has 2 aromatic carbocycles. The van der Waals surface area contributed by atoms with Crippen molar-refractivity contribution in [2.75, 3.05) is 11.4 Å². The zero-order valence-electron chi connectivity index (χ0n) is 11.8. The molecule has 2 aromatic rings. The molecule has 0 fully saturated rings. The lowest BCUT2D eigenvalue weighted by atomic mass is 10.1. The van der Waals surface area contributed by atoms with E-state index in [0.717, 1.165) is 17.4 Å². The van der Waals surface area contributed by atoms with E-state index in [1.54, 1.807) is 13.2 Å². The van der Waals surface area contributed by atoms with Gasteiger partial charge in [-0.3, -0.25) is 10.1 Å². The minimum absolute atomic E-state index is 0.402. The van der Waals surface area contributed by atoms with Crippen LogP contribution in [0.25, 0.3) is 0 Å². The van der Waals surface area contributed by atoms with Crippen LogP contribution in [0.2, 0.25) is 0 Å². The predicted octanol–water partition coefficient (Wildman–Crippen LogP) is 3.91. The van der Waals surface area contributed by atoms with Gasteiger partial charge in [-0.2, -0.15) is 4.39 Å². The van der Waals surface area contributed by atoms with Crippen molar-refractivity contribution >= 4 is 23.3 Å². The van der Waals surface area contributed by atoms with Crippen LogP contribution in [-0.4, -0.2) is 12.0 Å². The number of fused-ring (bicyclic) bond motifs is 1. The minimum Gasteiger partial charge on any atom is -0.497 e. The largest absolute Gasteiger partial charge is 0.497 e. The maximum atomic E-state index is 13.6. The Bertz CT molecular complexity index is 721. The number of methoxy groups -OCH3 is 1. The Hall–Kier alpha value is -2.28. The molecule has 0 aromatic heterocycles. The van der Waals surface area contributed by atoms with E-state index in [1.165, 1.54) is 11.9 Å². The van der Waals surface area contributed by atoms with E-state index in [2.05, 4.69) is 0 Å². The van der Waals surface area contributed by atoms with Crippen LogP contribution >= 0.6 is 11.9 Å². The first-order valence-electron chi connectivity index (χ1n) is 6.59. The quantitative estimate of drug-likeness (QED) is 0.486. The van der Waals surface area contributed by atoms with Crippen LogP contribution in [0.15, 0.2) is 36.4 Å². The third-order valence-corrected chi connectivity index (χ3v) is 4.57. The Kier molecular flexibility index (Phi) is 3.89. The summed E-state index contributed by atoms with van der Waals surface area (Å²) in [7, 11) is 1.61. The van der Waals surface area contributed by atoms with Crippen molar-refractivity contribution in [1.82, 2.24) is 0 Å². The third kappa shape index (κ3) is 2.59. The zero-order chi connectivity index (χ0) is 15.7. The lowest BCUT2D eigenvalue weighted by Crippen LogP contribution is -2.10. The number of nitrogens with zero attached hydrogens (tertiary/aromatic N) is 2. The molecular weight excluding hydrogens is 307 g/mol. The lowest BCUT2D eigenvalue weighted by molar-refractivity contribution is -0.388. The van der Waals surface area contributed by atoms with Gasteiger partial charge in [-0.15, -0.1) is 0 Å². The highest BCUT2D eigenvalue weighted by molar-refractivity contribution is 8.00. The van der Waals surface area contributed by atoms with E-state index >= 15 is 0 Å². The highest BCUT2D eigenvalue weighted by Crippen LogP contribution is 2.44. The number of halogens is 1. The van der Waals surface area contributed by atoms with Crippen molar-refractivity contribution in [3.05, 3.63) is 63.5 Å². The molecule has 0 radical (unpaired) electrons. The molecule has 5 nitrogen and oxygen atoms in total. The fraction of sp³-hybridized carbons (Fsp3) is 0.200. The van der Waals surface area contributed by atoms with Gasteiger partial charge in [0.15, 0.2) is 0 Å². The topological polar surface area (TPSA) is 55.6 Å². The average Bonchev–Trinajstić information content (AvgIpc) is 2.90. The average molecular weight is 320 g/mol. The van der Waals surface area contributed by atoms with E-state index in [1.807, 2.05) is 28.6 Å². The summed E-state index contributed by atoms with van der Waals surface area (Å²) in [5.41, 5.74) is 1.78. The van der Waals surface area contributed by atoms with Gasteiger partial charge in [0, 0.05) is 5.75 Å². The fourth-order valence-electron chi connectivity index (χ4n) is 2.41. The van der Waals surface area contributed by atoms with E-state index in [0.29, 0.717) is 23.5 Å². The molecule has 0 N–H and O–H groups in total. The number of nitro groups is 1. The van der Waals surface area contributed by atoms with Crippen molar-refractivity contribution in [2.45, 2.75) is 12.3 Å². The van der Waals surface area contributed by atoms with E-state index in [-0.39, 0.29) is 0 Å². The Morgan fingerprint density at radius 2 is 2.05 bits per heavy atom. The van der Waals surface area contributed by atoms with Gasteiger partial charge in [-0.25, -0.2) is 0 Å². The van der Waals surface area contributed by atoms with Crippen LogP contribution < -0.4 is 9.04 Å². The van der Waals surface area contributed by atoms with E-state index < -0.39 is 16.4 Å². The van der Waals surface area contributed by atoms with E-state index in [9.17, 15) is 14.5 Å². The molecule has 0 amide bonds. The first-order valence-corrected chi connectivity index (χ1v) is 7.53. The molecule has 0 aliphatic carbocycles. The molecule has 0 bridgehead atoms. The Morgan fingerprint density at radius 3 is 2.68 bits per heavy atom. The van der Waals surface area contributed by atoms with Crippen molar-refractivity contribution in [1.29, 1.82) is 0 Å². The first kappa shape index (κ1) is 14.6. The molecule has 3 rings (SSSR count). The number of hydrogen-bond donors (Lipinski definition) is 0. The number of nitro benzene ring substituents is 1. The maximum absolute atomic E-state index is 13.6. The molecule has 1 aliphatic rings. The molecule has 1 heterocycles. The smallest absolute Gasteiger partial charge is 0.310 e. The second kappa shape index (κ2) is 5.84. The van der Waals surface area contributed by atoms with Gasteiger partial charge in [-0.1, -0.05) is 12.1 Å². The van der Waals surface area contributed by atoms with Gasteiger partial charge in [0.05, 0.1) is 29.8 Å². The van der Waals surface area contributed by atoms with Crippen LogP contribution in [0, 0.1) is 15.9 Å². The predicted molar refractivity (Wildman–Crippen MR) is 83.5 cm³/mol. The summed E-state index contributed by atoms with van der Waals surface area (Å²) in [6, 6.07) is 10.4. The number of ether oxygens (including phenoxy) is 1. The third-order valence-electron chi connectivity index (χ3n) is 3.51. The van der Waals surface area contributed by atoms with Crippen LogP contribution in [0.3, 0.4) is 0 Å². The highest BCUT2D eigenvalue weighted by Gasteiger charge is 2.31. The number of anilines is 1. The summed E-state index contributed by atoms with van der Waals surface area (Å²) in [6.45, 7) is 0.588. The maximum Gasteiger partial charge on any atom is 0.310 e. The monoisotopic (exact) mass is 320 g/mol. The fourth-order valence-corrected chi connectivity index (χ4v) is 3.53. The van der Waals surface area contributed by atoms with Crippen molar-refractivity contribution in [2.24, 2.45) is 0 Å². The van der Waals surface area contributed by atoms with Crippen molar-refractivity contribution < 1.29 is 14.1 Å². The Morgan fingerprint density at radius 1 is 1.32 bits per heavy atom. The molecule has 114 valence electrons. The van der Waals surface area contributed by atoms with Gasteiger partial charge in [-0.05, 0) is 41.8 Å². The van der Waals surface area contributed by atoms with Crippen molar-refractivity contribution in [3.8, 4) is 5.75 Å². The standard InChI is InChI=1S/C15H13FN2O3S/c1-21-11-4-2-10(3-5-11)8-17-14-7-6-13(16)15(18(19)20)12(14)9-22-17/h2-7H,8-9H2,1H3. The zero-order valence-corrected chi connectivity index (χ0v) is 12.6. The normalized spacial score (nSPS) is 13.1. The summed E-state index contributed by atoms with van der Waals surface area (Å²) < 4.78 is 20.7. The molecule has 22 heavy (non-hydrogen) atoms. The summed E-state index contributed by atoms with van der Waals surface area (Å²) in [4.78, 5) is 10.4. The Balaban J connectivity index is 1.88.